The number of rotatable bonds is 9. The van der Waals surface area contributed by atoms with Crippen LogP contribution in [0.2, 0.25) is 0 Å². The summed E-state index contributed by atoms with van der Waals surface area (Å²) in [6.45, 7) is 2.94. The highest BCUT2D eigenvalue weighted by molar-refractivity contribution is 7.89. The zero-order valence-corrected chi connectivity index (χ0v) is 20.1. The summed E-state index contributed by atoms with van der Waals surface area (Å²) in [6, 6.07) is 13.3. The molecule has 9 heteroatoms. The molecule has 1 N–H and O–H groups in total. The van der Waals surface area contributed by atoms with Gasteiger partial charge in [-0.05, 0) is 55.7 Å². The molecule has 1 amide bonds. The molecule has 1 heterocycles. The normalized spacial score (nSPS) is 15.0. The van der Waals surface area contributed by atoms with E-state index in [1.165, 1.54) is 24.3 Å². The SMILES string of the molecule is CCOc1ccccc1NC(=O)COC(=O)/C=C/c1ccc(S(=O)(=O)N2CCCCCC2)cc1. The summed E-state index contributed by atoms with van der Waals surface area (Å²) < 4.78 is 37.7. The fraction of sp³-hybridized carbons (Fsp3) is 0.360. The molecular weight excluding hydrogens is 456 g/mol. The van der Waals surface area contributed by atoms with Gasteiger partial charge in [0.25, 0.3) is 5.91 Å². The number of ether oxygens (including phenoxy) is 2. The first-order valence-electron chi connectivity index (χ1n) is 11.4. The van der Waals surface area contributed by atoms with Crippen LogP contribution in [0, 0.1) is 0 Å². The fourth-order valence-corrected chi connectivity index (χ4v) is 5.09. The van der Waals surface area contributed by atoms with Gasteiger partial charge in [-0.2, -0.15) is 4.31 Å². The van der Waals surface area contributed by atoms with Gasteiger partial charge in [0, 0.05) is 19.2 Å². The molecule has 0 saturated carbocycles. The van der Waals surface area contributed by atoms with Crippen LogP contribution in [-0.4, -0.2) is 50.9 Å². The van der Waals surface area contributed by atoms with Crippen molar-refractivity contribution in [1.29, 1.82) is 0 Å². The molecule has 1 aliphatic heterocycles. The summed E-state index contributed by atoms with van der Waals surface area (Å²) in [4.78, 5) is 24.3. The quantitative estimate of drug-likeness (QED) is 0.427. The third kappa shape index (κ3) is 7.16. The van der Waals surface area contributed by atoms with Crippen molar-refractivity contribution in [1.82, 2.24) is 4.31 Å². The highest BCUT2D eigenvalue weighted by Crippen LogP contribution is 2.23. The number of amides is 1. The lowest BCUT2D eigenvalue weighted by atomic mass is 10.2. The number of esters is 1. The lowest BCUT2D eigenvalue weighted by Crippen LogP contribution is -2.31. The Hall–Kier alpha value is -3.17. The standard InChI is InChI=1S/C25H30N2O6S/c1-2-32-23-10-6-5-9-22(23)26-24(28)19-33-25(29)16-13-20-11-14-21(15-12-20)34(30,31)27-17-7-3-4-8-18-27/h5-6,9-16H,2-4,7-8,17-19H2,1H3,(H,26,28)/b16-13+. The van der Waals surface area contributed by atoms with Crippen LogP contribution in [0.5, 0.6) is 5.75 Å². The van der Waals surface area contributed by atoms with Crippen molar-refractivity contribution >= 4 is 33.7 Å². The molecule has 2 aromatic rings. The summed E-state index contributed by atoms with van der Waals surface area (Å²) in [5.74, 6) is -0.641. The molecule has 0 bridgehead atoms. The lowest BCUT2D eigenvalue weighted by molar-refractivity contribution is -0.142. The smallest absolute Gasteiger partial charge is 0.331 e. The second kappa shape index (κ2) is 12.3. The highest BCUT2D eigenvalue weighted by Gasteiger charge is 2.24. The molecule has 0 unspecified atom stereocenters. The van der Waals surface area contributed by atoms with Crippen molar-refractivity contribution < 1.29 is 27.5 Å². The lowest BCUT2D eigenvalue weighted by Gasteiger charge is -2.19. The minimum Gasteiger partial charge on any atom is -0.492 e. The van der Waals surface area contributed by atoms with Crippen LogP contribution >= 0.6 is 0 Å². The predicted octanol–water partition coefficient (Wildman–Crippen LogP) is 3.85. The Morgan fingerprint density at radius 3 is 2.35 bits per heavy atom. The summed E-state index contributed by atoms with van der Waals surface area (Å²) in [5, 5.41) is 2.65. The van der Waals surface area contributed by atoms with Crippen LogP contribution in [0.4, 0.5) is 5.69 Å². The van der Waals surface area contributed by atoms with Gasteiger partial charge in [0.05, 0.1) is 17.2 Å². The zero-order chi connectivity index (χ0) is 24.4. The van der Waals surface area contributed by atoms with Gasteiger partial charge in [-0.15, -0.1) is 0 Å². The first kappa shape index (κ1) is 25.5. The number of nitrogens with zero attached hydrogens (tertiary/aromatic N) is 1. The predicted molar refractivity (Wildman–Crippen MR) is 130 cm³/mol. The van der Waals surface area contributed by atoms with Gasteiger partial charge in [-0.25, -0.2) is 13.2 Å². The number of nitrogens with one attached hydrogen (secondary N) is 1. The van der Waals surface area contributed by atoms with Crippen molar-refractivity contribution in [2.45, 2.75) is 37.5 Å². The Balaban J connectivity index is 1.51. The fourth-order valence-electron chi connectivity index (χ4n) is 3.57. The van der Waals surface area contributed by atoms with Crippen LogP contribution in [0.1, 0.15) is 38.2 Å². The van der Waals surface area contributed by atoms with Gasteiger partial charge < -0.3 is 14.8 Å². The van der Waals surface area contributed by atoms with E-state index < -0.39 is 28.5 Å². The maximum atomic E-state index is 12.8. The number of para-hydroxylation sites is 2. The molecule has 1 aliphatic rings. The van der Waals surface area contributed by atoms with Crippen LogP contribution in [0.3, 0.4) is 0 Å². The summed E-state index contributed by atoms with van der Waals surface area (Å²) >= 11 is 0. The van der Waals surface area contributed by atoms with Gasteiger partial charge in [0.15, 0.2) is 6.61 Å². The van der Waals surface area contributed by atoms with Crippen LogP contribution in [-0.2, 0) is 24.3 Å². The first-order chi connectivity index (χ1) is 16.4. The Kier molecular flexibility index (Phi) is 9.24. The van der Waals surface area contributed by atoms with Crippen molar-refractivity contribution in [2.24, 2.45) is 0 Å². The summed E-state index contributed by atoms with van der Waals surface area (Å²) in [5.41, 5.74) is 1.14. The van der Waals surface area contributed by atoms with Gasteiger partial charge in [0.2, 0.25) is 10.0 Å². The number of carbonyl (C=O) groups is 2. The number of benzene rings is 2. The first-order valence-corrected chi connectivity index (χ1v) is 12.8. The maximum absolute atomic E-state index is 12.8. The molecule has 8 nitrogen and oxygen atoms in total. The average Bonchev–Trinajstić information content (AvgIpc) is 3.13. The Morgan fingerprint density at radius 2 is 1.68 bits per heavy atom. The van der Waals surface area contributed by atoms with Crippen molar-refractivity contribution in [3.63, 3.8) is 0 Å². The molecule has 0 aromatic heterocycles. The van der Waals surface area contributed by atoms with E-state index in [2.05, 4.69) is 5.32 Å². The number of hydrogen-bond donors (Lipinski definition) is 1. The van der Waals surface area contributed by atoms with E-state index in [0.717, 1.165) is 25.7 Å². The van der Waals surface area contributed by atoms with Crippen molar-refractivity contribution in [3.05, 3.63) is 60.2 Å². The van der Waals surface area contributed by atoms with E-state index in [9.17, 15) is 18.0 Å². The third-order valence-electron chi connectivity index (χ3n) is 5.30. The molecule has 1 saturated heterocycles. The van der Waals surface area contributed by atoms with E-state index in [4.69, 9.17) is 9.47 Å². The van der Waals surface area contributed by atoms with Gasteiger partial charge in [-0.1, -0.05) is 37.1 Å². The van der Waals surface area contributed by atoms with Crippen molar-refractivity contribution in [3.8, 4) is 5.75 Å². The highest BCUT2D eigenvalue weighted by atomic mass is 32.2. The number of hydrogen-bond acceptors (Lipinski definition) is 6. The van der Waals surface area contributed by atoms with Crippen LogP contribution in [0.15, 0.2) is 59.5 Å². The molecule has 2 aromatic carbocycles. The summed E-state index contributed by atoms with van der Waals surface area (Å²) in [7, 11) is -3.52. The number of anilines is 1. The molecule has 1 fully saturated rings. The molecule has 182 valence electrons. The van der Waals surface area contributed by atoms with Gasteiger partial charge >= 0.3 is 5.97 Å². The zero-order valence-electron chi connectivity index (χ0n) is 19.2. The second-order valence-electron chi connectivity index (χ2n) is 7.81. The van der Waals surface area contributed by atoms with E-state index >= 15 is 0 Å². The molecule has 0 aliphatic carbocycles. The summed E-state index contributed by atoms with van der Waals surface area (Å²) in [6.07, 6.45) is 6.55. The van der Waals surface area contributed by atoms with Gasteiger partial charge in [0.1, 0.15) is 5.75 Å². The van der Waals surface area contributed by atoms with E-state index in [1.807, 2.05) is 6.92 Å². The average molecular weight is 487 g/mol. The Bertz CT molecular complexity index is 1100. The van der Waals surface area contributed by atoms with Crippen molar-refractivity contribution in [2.75, 3.05) is 31.6 Å². The Labute approximate surface area is 200 Å². The minimum atomic E-state index is -3.52. The van der Waals surface area contributed by atoms with Crippen LogP contribution < -0.4 is 10.1 Å². The van der Waals surface area contributed by atoms with E-state index in [1.54, 1.807) is 40.7 Å². The molecule has 0 radical (unpaired) electrons. The van der Waals surface area contributed by atoms with E-state index in [0.29, 0.717) is 36.7 Å². The number of carbonyl (C=O) groups excluding carboxylic acids is 2. The monoisotopic (exact) mass is 486 g/mol. The third-order valence-corrected chi connectivity index (χ3v) is 7.21. The molecule has 0 spiro atoms. The van der Waals surface area contributed by atoms with E-state index in [-0.39, 0.29) is 4.90 Å². The molecular formula is C25H30N2O6S. The van der Waals surface area contributed by atoms with Crippen LogP contribution in [0.25, 0.3) is 6.08 Å². The topological polar surface area (TPSA) is 102 Å². The largest absolute Gasteiger partial charge is 0.492 e. The molecule has 34 heavy (non-hydrogen) atoms. The maximum Gasteiger partial charge on any atom is 0.331 e. The number of sulfonamides is 1. The second-order valence-corrected chi connectivity index (χ2v) is 9.74. The molecule has 0 atom stereocenters. The minimum absolute atomic E-state index is 0.234. The Morgan fingerprint density at radius 1 is 1.00 bits per heavy atom. The molecule has 3 rings (SSSR count). The van der Waals surface area contributed by atoms with Gasteiger partial charge in [-0.3, -0.25) is 4.79 Å².